The Morgan fingerprint density at radius 3 is 2.41 bits per heavy atom. The molecule has 0 unspecified atom stereocenters. The summed E-state index contributed by atoms with van der Waals surface area (Å²) < 4.78 is 3.74. The number of anilines is 1. The van der Waals surface area contributed by atoms with Gasteiger partial charge in [0.1, 0.15) is 6.04 Å². The smallest absolute Gasteiger partial charge is 0.273 e. The highest BCUT2D eigenvalue weighted by molar-refractivity contribution is 5.97. The Balaban J connectivity index is 1.77. The third-order valence-corrected chi connectivity index (χ3v) is 5.28. The molecule has 1 amide bonds. The van der Waals surface area contributed by atoms with E-state index in [4.69, 9.17) is 0 Å². The lowest BCUT2D eigenvalue weighted by Crippen LogP contribution is -2.27. The maximum atomic E-state index is 13.1. The maximum absolute atomic E-state index is 13.1. The fraction of sp³-hybridized carbons (Fsp3) is 0.261. The Morgan fingerprint density at radius 1 is 1.03 bits per heavy atom. The van der Waals surface area contributed by atoms with Gasteiger partial charge in [0.2, 0.25) is 5.91 Å². The first-order valence-electron chi connectivity index (χ1n) is 9.77. The van der Waals surface area contributed by atoms with Crippen molar-refractivity contribution >= 4 is 28.1 Å². The molecule has 0 spiro atoms. The summed E-state index contributed by atoms with van der Waals surface area (Å²) in [6, 6.07) is 16.6. The van der Waals surface area contributed by atoms with Crippen LogP contribution in [0.25, 0.3) is 16.6 Å². The van der Waals surface area contributed by atoms with Crippen LogP contribution in [0.1, 0.15) is 44.0 Å². The van der Waals surface area contributed by atoms with Gasteiger partial charge in [-0.3, -0.25) is 14.3 Å². The van der Waals surface area contributed by atoms with Crippen LogP contribution in [0.5, 0.6) is 0 Å². The SMILES string of the molecule is Cc1cc(=O)nc2c3ccccc3n([C@H](C)C(=O)Nc3ccc(C(C)C)cc3)n12. The second-order valence-corrected chi connectivity index (χ2v) is 7.67. The minimum atomic E-state index is -0.509. The van der Waals surface area contributed by atoms with E-state index >= 15 is 0 Å². The van der Waals surface area contributed by atoms with Crippen LogP contribution in [0.4, 0.5) is 5.69 Å². The zero-order valence-electron chi connectivity index (χ0n) is 17.0. The van der Waals surface area contributed by atoms with E-state index in [9.17, 15) is 9.59 Å². The van der Waals surface area contributed by atoms with E-state index in [1.807, 2.05) is 71.6 Å². The van der Waals surface area contributed by atoms with Gasteiger partial charge >= 0.3 is 0 Å². The number of nitrogens with zero attached hydrogens (tertiary/aromatic N) is 3. The molecule has 2 heterocycles. The number of nitrogens with one attached hydrogen (secondary N) is 1. The number of hydrogen-bond donors (Lipinski definition) is 1. The van der Waals surface area contributed by atoms with E-state index in [-0.39, 0.29) is 11.5 Å². The molecule has 2 aromatic carbocycles. The van der Waals surface area contributed by atoms with Crippen LogP contribution >= 0.6 is 0 Å². The van der Waals surface area contributed by atoms with Crippen LogP contribution in [-0.4, -0.2) is 20.1 Å². The highest BCUT2D eigenvalue weighted by Crippen LogP contribution is 2.26. The molecule has 6 nitrogen and oxygen atoms in total. The van der Waals surface area contributed by atoms with Crippen molar-refractivity contribution in [2.45, 2.75) is 39.7 Å². The zero-order chi connectivity index (χ0) is 20.7. The van der Waals surface area contributed by atoms with Crippen molar-refractivity contribution in [3.63, 3.8) is 0 Å². The average Bonchev–Trinajstić information content (AvgIpc) is 3.02. The Labute approximate surface area is 168 Å². The lowest BCUT2D eigenvalue weighted by molar-refractivity contribution is -0.119. The van der Waals surface area contributed by atoms with E-state index in [0.717, 1.165) is 22.3 Å². The van der Waals surface area contributed by atoms with Gasteiger partial charge in [0, 0.05) is 22.8 Å². The van der Waals surface area contributed by atoms with Crippen LogP contribution in [-0.2, 0) is 4.79 Å². The van der Waals surface area contributed by atoms with Crippen molar-refractivity contribution in [1.29, 1.82) is 0 Å². The second kappa shape index (κ2) is 7.20. The standard InChI is InChI=1S/C23H24N4O2/c1-14(2)17-9-11-18(12-10-17)24-23(29)16(4)27-20-8-6-5-7-19(20)22-25-21(28)13-15(3)26(22)27/h5-14,16H,1-4H3,(H,24,29)/t16-/m1/s1. The molecule has 0 aliphatic carbocycles. The molecular weight excluding hydrogens is 364 g/mol. The molecule has 0 bridgehead atoms. The van der Waals surface area contributed by atoms with Gasteiger partial charge in [0.05, 0.1) is 5.52 Å². The first kappa shape index (κ1) is 18.9. The van der Waals surface area contributed by atoms with E-state index < -0.39 is 6.04 Å². The minimum Gasteiger partial charge on any atom is -0.324 e. The van der Waals surface area contributed by atoms with E-state index in [1.54, 1.807) is 0 Å². The summed E-state index contributed by atoms with van der Waals surface area (Å²) in [5, 5.41) is 3.84. The largest absolute Gasteiger partial charge is 0.324 e. The Hall–Kier alpha value is -3.41. The Bertz CT molecular complexity index is 1270. The molecule has 29 heavy (non-hydrogen) atoms. The van der Waals surface area contributed by atoms with E-state index in [0.29, 0.717) is 11.6 Å². The highest BCUT2D eigenvalue weighted by Gasteiger charge is 2.22. The van der Waals surface area contributed by atoms with Crippen molar-refractivity contribution in [2.24, 2.45) is 0 Å². The number of amides is 1. The van der Waals surface area contributed by atoms with Crippen molar-refractivity contribution in [2.75, 3.05) is 5.32 Å². The molecule has 4 aromatic rings. The fourth-order valence-corrected chi connectivity index (χ4v) is 3.70. The number of aryl methyl sites for hydroxylation is 1. The third kappa shape index (κ3) is 3.31. The fourth-order valence-electron chi connectivity index (χ4n) is 3.70. The van der Waals surface area contributed by atoms with E-state index in [2.05, 4.69) is 24.1 Å². The predicted octanol–water partition coefficient (Wildman–Crippen LogP) is 4.28. The summed E-state index contributed by atoms with van der Waals surface area (Å²) in [5.74, 6) is 0.303. The van der Waals surface area contributed by atoms with Gasteiger partial charge < -0.3 is 5.32 Å². The Morgan fingerprint density at radius 2 is 1.72 bits per heavy atom. The number of benzene rings is 2. The Kier molecular flexibility index (Phi) is 4.70. The van der Waals surface area contributed by atoms with Crippen molar-refractivity contribution in [3.05, 3.63) is 76.2 Å². The highest BCUT2D eigenvalue weighted by atomic mass is 16.2. The molecule has 4 rings (SSSR count). The second-order valence-electron chi connectivity index (χ2n) is 7.67. The van der Waals surface area contributed by atoms with Crippen LogP contribution in [0.3, 0.4) is 0 Å². The molecule has 0 fully saturated rings. The lowest BCUT2D eigenvalue weighted by atomic mass is 10.0. The number of rotatable bonds is 4. The molecule has 0 saturated carbocycles. The molecular formula is C23H24N4O2. The molecule has 1 atom stereocenters. The molecule has 0 saturated heterocycles. The summed E-state index contributed by atoms with van der Waals surface area (Å²) in [6.45, 7) is 7.97. The van der Waals surface area contributed by atoms with Gasteiger partial charge in [-0.15, -0.1) is 0 Å². The summed E-state index contributed by atoms with van der Waals surface area (Å²) in [6.07, 6.45) is 0. The number of fused-ring (bicyclic) bond motifs is 3. The quantitative estimate of drug-likeness (QED) is 0.567. The number of para-hydroxylation sites is 1. The number of aromatic nitrogens is 3. The van der Waals surface area contributed by atoms with Gasteiger partial charge in [-0.25, -0.2) is 4.52 Å². The topological polar surface area (TPSA) is 68.4 Å². The average molecular weight is 388 g/mol. The third-order valence-electron chi connectivity index (χ3n) is 5.28. The predicted molar refractivity (Wildman–Crippen MR) is 116 cm³/mol. The monoisotopic (exact) mass is 388 g/mol. The number of hydrogen-bond acceptors (Lipinski definition) is 3. The molecule has 0 aliphatic heterocycles. The van der Waals surface area contributed by atoms with Crippen molar-refractivity contribution in [1.82, 2.24) is 14.2 Å². The van der Waals surface area contributed by atoms with Crippen LogP contribution in [0, 0.1) is 6.92 Å². The summed E-state index contributed by atoms with van der Waals surface area (Å²) in [5.41, 5.74) is 3.85. The van der Waals surface area contributed by atoms with Crippen LogP contribution < -0.4 is 10.9 Å². The molecule has 0 aliphatic rings. The molecule has 6 heteroatoms. The number of carbonyl (C=O) groups is 1. The van der Waals surface area contributed by atoms with Gasteiger partial charge in [-0.2, -0.15) is 4.98 Å². The molecule has 1 N–H and O–H groups in total. The van der Waals surface area contributed by atoms with Gasteiger partial charge in [-0.05, 0) is 49.6 Å². The van der Waals surface area contributed by atoms with Crippen molar-refractivity contribution < 1.29 is 4.79 Å². The molecule has 0 radical (unpaired) electrons. The van der Waals surface area contributed by atoms with Crippen LogP contribution in [0.2, 0.25) is 0 Å². The summed E-state index contributed by atoms with van der Waals surface area (Å²) in [7, 11) is 0. The first-order valence-corrected chi connectivity index (χ1v) is 9.77. The summed E-state index contributed by atoms with van der Waals surface area (Å²) >= 11 is 0. The van der Waals surface area contributed by atoms with Gasteiger partial charge in [-0.1, -0.05) is 38.1 Å². The normalized spacial score (nSPS) is 12.6. The maximum Gasteiger partial charge on any atom is 0.273 e. The molecule has 2 aromatic heterocycles. The summed E-state index contributed by atoms with van der Waals surface area (Å²) in [4.78, 5) is 29.2. The van der Waals surface area contributed by atoms with Crippen molar-refractivity contribution in [3.8, 4) is 0 Å². The van der Waals surface area contributed by atoms with Gasteiger partial charge in [0.15, 0.2) is 5.65 Å². The number of carbonyl (C=O) groups excluding carboxylic acids is 1. The molecule has 148 valence electrons. The van der Waals surface area contributed by atoms with Gasteiger partial charge in [0.25, 0.3) is 5.56 Å². The van der Waals surface area contributed by atoms with E-state index in [1.165, 1.54) is 11.6 Å². The first-order chi connectivity index (χ1) is 13.9. The lowest BCUT2D eigenvalue weighted by Gasteiger charge is -2.18. The zero-order valence-corrected chi connectivity index (χ0v) is 17.0. The van der Waals surface area contributed by atoms with Crippen LogP contribution in [0.15, 0.2) is 59.4 Å². The minimum absolute atomic E-state index is 0.136.